The molecule has 0 spiro atoms. The highest BCUT2D eigenvalue weighted by Crippen LogP contribution is 2.32. The highest BCUT2D eigenvalue weighted by molar-refractivity contribution is 9.11. The summed E-state index contributed by atoms with van der Waals surface area (Å²) in [6.45, 7) is 2.55. The molecule has 2 aromatic carbocycles. The van der Waals surface area contributed by atoms with Crippen molar-refractivity contribution < 1.29 is 9.47 Å². The largest absolute Gasteiger partial charge is 0.497 e. The van der Waals surface area contributed by atoms with E-state index in [9.17, 15) is 0 Å². The first-order valence-electron chi connectivity index (χ1n) is 6.44. The summed E-state index contributed by atoms with van der Waals surface area (Å²) in [4.78, 5) is 4.48. The van der Waals surface area contributed by atoms with E-state index in [0.717, 1.165) is 31.7 Å². The van der Waals surface area contributed by atoms with Gasteiger partial charge in [0.1, 0.15) is 11.5 Å². The lowest BCUT2D eigenvalue weighted by atomic mass is 10.2. The van der Waals surface area contributed by atoms with Crippen LogP contribution in [0.5, 0.6) is 11.5 Å². The number of aliphatic imine (C=N–C) groups is 1. The van der Waals surface area contributed by atoms with Crippen LogP contribution < -0.4 is 9.47 Å². The molecule has 0 aromatic heterocycles. The monoisotopic (exact) mass is 411 g/mol. The maximum Gasteiger partial charge on any atom is 0.142 e. The van der Waals surface area contributed by atoms with Crippen LogP contribution in [-0.4, -0.2) is 19.9 Å². The Morgan fingerprint density at radius 2 is 2.00 bits per heavy atom. The van der Waals surface area contributed by atoms with E-state index in [-0.39, 0.29) is 0 Å². The Bertz CT molecular complexity index is 657. The number of ether oxygens (including phenoxy) is 2. The predicted octanol–water partition coefficient (Wildman–Crippen LogP) is 5.37. The van der Waals surface area contributed by atoms with E-state index >= 15 is 0 Å². The van der Waals surface area contributed by atoms with Crippen molar-refractivity contribution in [2.75, 3.05) is 13.7 Å². The van der Waals surface area contributed by atoms with Crippen LogP contribution in [0.3, 0.4) is 0 Å². The Hall–Kier alpha value is -1.33. The Kier molecular flexibility index (Phi) is 5.82. The minimum absolute atomic E-state index is 0.597. The van der Waals surface area contributed by atoms with Gasteiger partial charge in [0, 0.05) is 22.3 Å². The van der Waals surface area contributed by atoms with Crippen LogP contribution in [0.2, 0.25) is 0 Å². The molecule has 0 N–H and O–H groups in total. The average Bonchev–Trinajstić information content (AvgIpc) is 2.48. The lowest BCUT2D eigenvalue weighted by molar-refractivity contribution is 0.337. The zero-order chi connectivity index (χ0) is 15.2. The maximum atomic E-state index is 5.67. The molecule has 0 saturated heterocycles. The third kappa shape index (κ3) is 4.32. The van der Waals surface area contributed by atoms with E-state index in [0.29, 0.717) is 6.61 Å². The van der Waals surface area contributed by atoms with Crippen molar-refractivity contribution in [3.8, 4) is 11.5 Å². The highest BCUT2D eigenvalue weighted by atomic mass is 79.9. The number of methoxy groups -OCH3 is 1. The van der Waals surface area contributed by atoms with Crippen molar-refractivity contribution in [1.29, 1.82) is 0 Å². The Morgan fingerprint density at radius 3 is 2.71 bits per heavy atom. The van der Waals surface area contributed by atoms with Gasteiger partial charge in [-0.15, -0.1) is 0 Å². The van der Waals surface area contributed by atoms with Gasteiger partial charge in [-0.25, -0.2) is 0 Å². The molecule has 0 unspecified atom stereocenters. The summed E-state index contributed by atoms with van der Waals surface area (Å²) in [5, 5.41) is 0. The van der Waals surface area contributed by atoms with Crippen LogP contribution in [0.4, 0.5) is 5.69 Å². The van der Waals surface area contributed by atoms with Crippen LogP contribution in [0, 0.1) is 0 Å². The van der Waals surface area contributed by atoms with Crippen LogP contribution in [0.15, 0.2) is 50.3 Å². The Balaban J connectivity index is 2.35. The minimum Gasteiger partial charge on any atom is -0.497 e. The van der Waals surface area contributed by atoms with Gasteiger partial charge in [0.25, 0.3) is 0 Å². The number of benzene rings is 2. The van der Waals surface area contributed by atoms with Gasteiger partial charge in [-0.05, 0) is 47.1 Å². The third-order valence-electron chi connectivity index (χ3n) is 2.73. The van der Waals surface area contributed by atoms with Gasteiger partial charge in [0.2, 0.25) is 0 Å². The van der Waals surface area contributed by atoms with E-state index in [1.807, 2.05) is 43.3 Å². The van der Waals surface area contributed by atoms with Crippen molar-refractivity contribution in [2.45, 2.75) is 6.92 Å². The fourth-order valence-corrected chi connectivity index (χ4v) is 3.18. The summed E-state index contributed by atoms with van der Waals surface area (Å²) in [5.74, 6) is 1.57. The number of nitrogens with zero attached hydrogens (tertiary/aromatic N) is 1. The van der Waals surface area contributed by atoms with Crippen molar-refractivity contribution in [1.82, 2.24) is 0 Å². The summed E-state index contributed by atoms with van der Waals surface area (Å²) in [5.41, 5.74) is 1.73. The molecular formula is C16H15Br2NO2. The van der Waals surface area contributed by atoms with Crippen LogP contribution in [0.1, 0.15) is 12.5 Å². The minimum atomic E-state index is 0.597. The zero-order valence-corrected chi connectivity index (χ0v) is 14.9. The van der Waals surface area contributed by atoms with Crippen LogP contribution in [0.25, 0.3) is 0 Å². The van der Waals surface area contributed by atoms with Crippen molar-refractivity contribution in [3.63, 3.8) is 0 Å². The summed E-state index contributed by atoms with van der Waals surface area (Å²) in [6.07, 6.45) is 1.79. The van der Waals surface area contributed by atoms with Gasteiger partial charge in [-0.2, -0.15) is 0 Å². The molecule has 5 heteroatoms. The number of halogens is 2. The fraction of sp³-hybridized carbons (Fsp3) is 0.188. The van der Waals surface area contributed by atoms with Gasteiger partial charge in [-0.3, -0.25) is 4.99 Å². The first kappa shape index (κ1) is 16.0. The lowest BCUT2D eigenvalue weighted by Crippen LogP contribution is -1.97. The molecule has 0 fully saturated rings. The van der Waals surface area contributed by atoms with E-state index in [1.54, 1.807) is 13.3 Å². The predicted molar refractivity (Wildman–Crippen MR) is 93.3 cm³/mol. The van der Waals surface area contributed by atoms with Crippen molar-refractivity contribution in [3.05, 3.63) is 50.9 Å². The molecule has 0 atom stereocenters. The van der Waals surface area contributed by atoms with Crippen LogP contribution in [-0.2, 0) is 0 Å². The molecule has 3 nitrogen and oxygen atoms in total. The Morgan fingerprint density at radius 1 is 1.19 bits per heavy atom. The summed E-state index contributed by atoms with van der Waals surface area (Å²) < 4.78 is 12.7. The lowest BCUT2D eigenvalue weighted by Gasteiger charge is -2.10. The first-order chi connectivity index (χ1) is 10.1. The molecule has 110 valence electrons. The van der Waals surface area contributed by atoms with E-state index in [1.165, 1.54) is 0 Å². The van der Waals surface area contributed by atoms with E-state index in [2.05, 4.69) is 36.9 Å². The number of hydrogen-bond acceptors (Lipinski definition) is 3. The van der Waals surface area contributed by atoms with Gasteiger partial charge in [0.15, 0.2) is 0 Å². The normalized spacial score (nSPS) is 10.9. The molecule has 21 heavy (non-hydrogen) atoms. The van der Waals surface area contributed by atoms with Gasteiger partial charge in [-0.1, -0.05) is 22.0 Å². The smallest absolute Gasteiger partial charge is 0.142 e. The standard InChI is InChI=1S/C16H15Br2NO2/c1-3-21-16-11(7-12(17)8-15(16)18)10-19-13-5-4-6-14(9-13)20-2/h4-10H,3H2,1-2H3. The number of rotatable bonds is 5. The maximum absolute atomic E-state index is 5.67. The van der Waals surface area contributed by atoms with Crippen LogP contribution >= 0.6 is 31.9 Å². The second-order valence-electron chi connectivity index (χ2n) is 4.20. The molecule has 0 radical (unpaired) electrons. The second-order valence-corrected chi connectivity index (χ2v) is 5.97. The van der Waals surface area contributed by atoms with E-state index in [4.69, 9.17) is 9.47 Å². The SMILES string of the molecule is CCOc1c(Br)cc(Br)cc1C=Nc1cccc(OC)c1. The van der Waals surface area contributed by atoms with Gasteiger partial charge >= 0.3 is 0 Å². The highest BCUT2D eigenvalue weighted by Gasteiger charge is 2.08. The summed E-state index contributed by atoms with van der Waals surface area (Å²) in [7, 11) is 1.64. The second kappa shape index (κ2) is 7.61. The molecule has 0 amide bonds. The molecule has 0 aliphatic heterocycles. The number of hydrogen-bond donors (Lipinski definition) is 0. The fourth-order valence-electron chi connectivity index (χ4n) is 1.81. The Labute approximate surface area is 141 Å². The quantitative estimate of drug-likeness (QED) is 0.618. The first-order valence-corrected chi connectivity index (χ1v) is 8.02. The van der Waals surface area contributed by atoms with Crippen molar-refractivity contribution in [2.24, 2.45) is 4.99 Å². The van der Waals surface area contributed by atoms with Crippen molar-refractivity contribution >= 4 is 43.8 Å². The molecule has 0 saturated carbocycles. The van der Waals surface area contributed by atoms with E-state index < -0.39 is 0 Å². The average molecular weight is 413 g/mol. The van der Waals surface area contributed by atoms with Gasteiger partial charge in [0.05, 0.1) is 23.9 Å². The third-order valence-corrected chi connectivity index (χ3v) is 3.78. The zero-order valence-electron chi connectivity index (χ0n) is 11.8. The molecule has 0 aliphatic rings. The summed E-state index contributed by atoms with van der Waals surface area (Å²) >= 11 is 6.99. The molecule has 0 aliphatic carbocycles. The topological polar surface area (TPSA) is 30.8 Å². The molecule has 2 aromatic rings. The molecule has 2 rings (SSSR count). The van der Waals surface area contributed by atoms with Gasteiger partial charge < -0.3 is 9.47 Å². The molecule has 0 bridgehead atoms. The molecule has 0 heterocycles. The molecular weight excluding hydrogens is 398 g/mol. The summed E-state index contributed by atoms with van der Waals surface area (Å²) in [6, 6.07) is 11.5.